The molecule has 0 spiro atoms. The van der Waals surface area contributed by atoms with Crippen LogP contribution in [-0.2, 0) is 0 Å². The minimum absolute atomic E-state index is 0.235. The summed E-state index contributed by atoms with van der Waals surface area (Å²) < 4.78 is 0. The topological polar surface area (TPSA) is 24.1 Å². The monoisotopic (exact) mass is 314 g/mol. The van der Waals surface area contributed by atoms with E-state index in [4.69, 9.17) is 23.2 Å². The molecule has 20 heavy (non-hydrogen) atoms. The maximum Gasteiger partial charge on any atom is 0.0468 e. The molecule has 1 fully saturated rings. The van der Waals surface area contributed by atoms with Gasteiger partial charge in [-0.05, 0) is 57.4 Å². The third kappa shape index (κ3) is 4.63. The lowest BCUT2D eigenvalue weighted by molar-refractivity contribution is 0.334. The van der Waals surface area contributed by atoms with Crippen molar-refractivity contribution in [1.82, 2.24) is 10.6 Å². The molecule has 1 aliphatic rings. The summed E-state index contributed by atoms with van der Waals surface area (Å²) in [5, 5.41) is 8.66. The second-order valence-corrected chi connectivity index (χ2v) is 6.68. The summed E-state index contributed by atoms with van der Waals surface area (Å²) in [6, 6.07) is 7.07. The van der Waals surface area contributed by atoms with E-state index < -0.39 is 0 Å². The molecule has 0 radical (unpaired) electrons. The molecule has 0 amide bonds. The second kappa shape index (κ2) is 7.65. The minimum atomic E-state index is 0.235. The Labute approximate surface area is 132 Å². The Bertz CT molecular complexity index is 430. The molecule has 1 aliphatic heterocycles. The summed E-state index contributed by atoms with van der Waals surface area (Å²) in [4.78, 5) is 0. The highest BCUT2D eigenvalue weighted by molar-refractivity contribution is 6.35. The van der Waals surface area contributed by atoms with Gasteiger partial charge in [0.15, 0.2) is 0 Å². The van der Waals surface area contributed by atoms with Crippen molar-refractivity contribution in [1.29, 1.82) is 0 Å². The van der Waals surface area contributed by atoms with E-state index >= 15 is 0 Å². The molecular formula is C16H24Cl2N2. The molecule has 0 bridgehead atoms. The minimum Gasteiger partial charge on any atom is -0.314 e. The van der Waals surface area contributed by atoms with Gasteiger partial charge in [-0.2, -0.15) is 0 Å². The zero-order chi connectivity index (χ0) is 14.5. The van der Waals surface area contributed by atoms with Gasteiger partial charge in [0.2, 0.25) is 0 Å². The first kappa shape index (κ1) is 16.1. The largest absolute Gasteiger partial charge is 0.314 e. The molecule has 3 unspecified atom stereocenters. The van der Waals surface area contributed by atoms with Crippen molar-refractivity contribution >= 4 is 23.2 Å². The van der Waals surface area contributed by atoms with E-state index in [1.165, 1.54) is 19.3 Å². The number of benzene rings is 1. The van der Waals surface area contributed by atoms with Crippen LogP contribution in [0.1, 0.15) is 51.1 Å². The first-order chi connectivity index (χ1) is 9.56. The molecule has 0 aromatic heterocycles. The third-order valence-corrected chi connectivity index (χ3v) is 4.58. The maximum atomic E-state index is 6.26. The van der Waals surface area contributed by atoms with Crippen LogP contribution in [0.5, 0.6) is 0 Å². The van der Waals surface area contributed by atoms with Crippen LogP contribution in [0.4, 0.5) is 0 Å². The predicted octanol–water partition coefficient (Wildman–Crippen LogP) is 4.56. The highest BCUT2D eigenvalue weighted by Crippen LogP contribution is 2.26. The summed E-state index contributed by atoms with van der Waals surface area (Å²) in [7, 11) is 0. The molecule has 1 aromatic rings. The van der Waals surface area contributed by atoms with Crippen molar-refractivity contribution in [3.05, 3.63) is 33.8 Å². The van der Waals surface area contributed by atoms with Crippen LogP contribution in [0.15, 0.2) is 18.2 Å². The van der Waals surface area contributed by atoms with Crippen LogP contribution in [-0.4, -0.2) is 18.6 Å². The lowest BCUT2D eigenvalue weighted by Crippen LogP contribution is -2.40. The number of halogens is 2. The lowest BCUT2D eigenvalue weighted by atomic mass is 9.98. The molecule has 1 saturated heterocycles. The summed E-state index contributed by atoms with van der Waals surface area (Å²) >= 11 is 12.2. The molecule has 1 heterocycles. The molecule has 2 rings (SSSR count). The van der Waals surface area contributed by atoms with E-state index in [2.05, 4.69) is 24.5 Å². The molecule has 2 N–H and O–H groups in total. The van der Waals surface area contributed by atoms with Gasteiger partial charge < -0.3 is 10.6 Å². The van der Waals surface area contributed by atoms with Gasteiger partial charge in [-0.25, -0.2) is 0 Å². The van der Waals surface area contributed by atoms with Gasteiger partial charge in [-0.1, -0.05) is 35.7 Å². The number of hydrogen-bond acceptors (Lipinski definition) is 2. The number of rotatable bonds is 5. The van der Waals surface area contributed by atoms with Crippen molar-refractivity contribution < 1.29 is 0 Å². The Hall–Kier alpha value is -0.280. The summed E-state index contributed by atoms with van der Waals surface area (Å²) in [5.41, 5.74) is 1.11. The molecule has 3 atom stereocenters. The Balaban J connectivity index is 1.87. The average molecular weight is 315 g/mol. The smallest absolute Gasteiger partial charge is 0.0468 e. The Morgan fingerprint density at radius 3 is 2.75 bits per heavy atom. The van der Waals surface area contributed by atoms with Crippen LogP contribution >= 0.6 is 23.2 Å². The Morgan fingerprint density at radius 1 is 1.30 bits per heavy atom. The molecule has 4 heteroatoms. The Morgan fingerprint density at radius 2 is 2.10 bits per heavy atom. The van der Waals surface area contributed by atoms with Crippen molar-refractivity contribution in [2.45, 2.75) is 57.7 Å². The van der Waals surface area contributed by atoms with Crippen LogP contribution in [0.2, 0.25) is 10.0 Å². The average Bonchev–Trinajstić information content (AvgIpc) is 2.39. The van der Waals surface area contributed by atoms with Gasteiger partial charge in [0.1, 0.15) is 0 Å². The first-order valence-corrected chi connectivity index (χ1v) is 8.26. The van der Waals surface area contributed by atoms with E-state index in [0.29, 0.717) is 17.1 Å². The van der Waals surface area contributed by atoms with E-state index in [9.17, 15) is 0 Å². The first-order valence-electron chi connectivity index (χ1n) is 7.50. The van der Waals surface area contributed by atoms with Crippen molar-refractivity contribution in [3.63, 3.8) is 0 Å². The molecule has 2 nitrogen and oxygen atoms in total. The van der Waals surface area contributed by atoms with Crippen LogP contribution in [0.3, 0.4) is 0 Å². The zero-order valence-electron chi connectivity index (χ0n) is 12.3. The van der Waals surface area contributed by atoms with Crippen LogP contribution in [0.25, 0.3) is 0 Å². The molecule has 1 aromatic carbocycles. The fourth-order valence-electron chi connectivity index (χ4n) is 2.99. The summed E-state index contributed by atoms with van der Waals surface area (Å²) in [6.45, 7) is 5.56. The Kier molecular flexibility index (Phi) is 6.16. The van der Waals surface area contributed by atoms with Gasteiger partial charge in [0.05, 0.1) is 0 Å². The normalized spacial score (nSPS) is 22.5. The zero-order valence-corrected chi connectivity index (χ0v) is 13.8. The van der Waals surface area contributed by atoms with Crippen molar-refractivity contribution in [3.8, 4) is 0 Å². The van der Waals surface area contributed by atoms with Crippen LogP contribution in [0, 0.1) is 0 Å². The van der Waals surface area contributed by atoms with E-state index in [-0.39, 0.29) is 6.04 Å². The van der Waals surface area contributed by atoms with Crippen molar-refractivity contribution in [2.75, 3.05) is 6.54 Å². The quantitative estimate of drug-likeness (QED) is 0.832. The van der Waals surface area contributed by atoms with Gasteiger partial charge in [0.25, 0.3) is 0 Å². The third-order valence-electron chi connectivity index (χ3n) is 4.01. The van der Waals surface area contributed by atoms with Crippen LogP contribution < -0.4 is 10.6 Å². The van der Waals surface area contributed by atoms with E-state index in [0.717, 1.165) is 23.6 Å². The van der Waals surface area contributed by atoms with Gasteiger partial charge in [-0.15, -0.1) is 0 Å². The standard InChI is InChI=1S/C16H24Cl2N2/c1-11(9-14-5-3-4-8-19-14)20-12(2)15-7-6-13(17)10-16(15)18/h6-7,10-12,14,19-20H,3-5,8-9H2,1-2H3. The molecular weight excluding hydrogens is 291 g/mol. The SMILES string of the molecule is CC(CC1CCCCN1)NC(C)c1ccc(Cl)cc1Cl. The second-order valence-electron chi connectivity index (χ2n) is 5.84. The highest BCUT2D eigenvalue weighted by Gasteiger charge is 2.18. The van der Waals surface area contributed by atoms with E-state index in [1.54, 1.807) is 0 Å². The van der Waals surface area contributed by atoms with E-state index in [1.807, 2.05) is 18.2 Å². The van der Waals surface area contributed by atoms with Crippen molar-refractivity contribution in [2.24, 2.45) is 0 Å². The van der Waals surface area contributed by atoms with Gasteiger partial charge in [-0.3, -0.25) is 0 Å². The molecule has 112 valence electrons. The number of nitrogens with one attached hydrogen (secondary N) is 2. The van der Waals surface area contributed by atoms with Gasteiger partial charge >= 0.3 is 0 Å². The maximum absolute atomic E-state index is 6.26. The number of hydrogen-bond donors (Lipinski definition) is 2. The van der Waals surface area contributed by atoms with Gasteiger partial charge in [0, 0.05) is 28.2 Å². The highest BCUT2D eigenvalue weighted by atomic mass is 35.5. The lowest BCUT2D eigenvalue weighted by Gasteiger charge is -2.28. The molecule has 0 aliphatic carbocycles. The summed E-state index contributed by atoms with van der Waals surface area (Å²) in [6.07, 6.45) is 5.12. The fourth-order valence-corrected chi connectivity index (χ4v) is 3.56. The fraction of sp³-hybridized carbons (Fsp3) is 0.625. The molecule has 0 saturated carbocycles. The summed E-state index contributed by atoms with van der Waals surface area (Å²) in [5.74, 6) is 0. The number of piperidine rings is 1. The predicted molar refractivity (Wildman–Crippen MR) is 87.7 cm³/mol.